The number of tetrazole rings is 1. The predicted molar refractivity (Wildman–Crippen MR) is 82.3 cm³/mol. The van der Waals surface area contributed by atoms with E-state index in [4.69, 9.17) is 0 Å². The highest BCUT2D eigenvalue weighted by atomic mass is 16.2. The zero-order valence-electron chi connectivity index (χ0n) is 12.5. The van der Waals surface area contributed by atoms with E-state index >= 15 is 0 Å². The van der Waals surface area contributed by atoms with Crippen molar-refractivity contribution in [2.24, 2.45) is 0 Å². The van der Waals surface area contributed by atoms with Crippen LogP contribution in [0.15, 0.2) is 30.6 Å². The average Bonchev–Trinajstić information content (AvgIpc) is 3.20. The van der Waals surface area contributed by atoms with Gasteiger partial charge in [-0.1, -0.05) is 12.1 Å². The van der Waals surface area contributed by atoms with Gasteiger partial charge in [-0.2, -0.15) is 0 Å². The Morgan fingerprint density at radius 3 is 2.64 bits per heavy atom. The van der Waals surface area contributed by atoms with E-state index in [0.717, 1.165) is 18.7 Å². The van der Waals surface area contributed by atoms with Crippen molar-refractivity contribution in [2.75, 3.05) is 25.0 Å². The fourth-order valence-corrected chi connectivity index (χ4v) is 2.65. The maximum Gasteiger partial charge on any atom is 0.246 e. The van der Waals surface area contributed by atoms with Crippen LogP contribution in [0.3, 0.4) is 0 Å². The van der Waals surface area contributed by atoms with Crippen LogP contribution in [0.5, 0.6) is 0 Å². The van der Waals surface area contributed by atoms with Gasteiger partial charge in [-0.3, -0.25) is 4.79 Å². The molecule has 1 N–H and O–H groups in total. The normalized spacial score (nSPS) is 15.1. The molecule has 3 rings (SSSR count). The van der Waals surface area contributed by atoms with Gasteiger partial charge in [-0.25, -0.2) is 4.68 Å². The molecule has 1 saturated heterocycles. The molecule has 1 aromatic carbocycles. The molecular formula is C15H20N6O. The predicted octanol–water partition coefficient (Wildman–Crippen LogP) is 0.950. The number of hydrogen-bond donors (Lipinski definition) is 1. The SMILES string of the molecule is O=C(Cn1cnnn1)Nc1ccc(CCN2CCCC2)cc1. The molecule has 0 spiro atoms. The molecule has 116 valence electrons. The van der Waals surface area contributed by atoms with Gasteiger partial charge in [-0.15, -0.1) is 5.10 Å². The quantitative estimate of drug-likeness (QED) is 0.859. The summed E-state index contributed by atoms with van der Waals surface area (Å²) in [5.41, 5.74) is 2.09. The van der Waals surface area contributed by atoms with Crippen LogP contribution < -0.4 is 5.32 Å². The van der Waals surface area contributed by atoms with Crippen molar-refractivity contribution in [1.82, 2.24) is 25.1 Å². The lowest BCUT2D eigenvalue weighted by molar-refractivity contribution is -0.116. The fraction of sp³-hybridized carbons (Fsp3) is 0.467. The molecule has 2 aromatic rings. The number of nitrogens with zero attached hydrogens (tertiary/aromatic N) is 5. The lowest BCUT2D eigenvalue weighted by Gasteiger charge is -2.14. The number of likely N-dealkylation sites (tertiary alicyclic amines) is 1. The first-order valence-electron chi connectivity index (χ1n) is 7.61. The standard InChI is InChI=1S/C15H20N6O/c22-15(11-21-12-16-18-19-21)17-14-5-3-13(4-6-14)7-10-20-8-1-2-9-20/h3-6,12H,1-2,7-11H2,(H,17,22). The summed E-state index contributed by atoms with van der Waals surface area (Å²) in [5, 5.41) is 13.5. The van der Waals surface area contributed by atoms with E-state index in [1.165, 1.54) is 42.5 Å². The van der Waals surface area contributed by atoms with Crippen molar-refractivity contribution in [3.05, 3.63) is 36.2 Å². The van der Waals surface area contributed by atoms with Crippen molar-refractivity contribution in [3.8, 4) is 0 Å². The first kappa shape index (κ1) is 14.6. The maximum atomic E-state index is 11.8. The smallest absolute Gasteiger partial charge is 0.246 e. The molecule has 0 saturated carbocycles. The molecule has 7 heteroatoms. The molecule has 0 bridgehead atoms. The number of hydrogen-bond acceptors (Lipinski definition) is 5. The van der Waals surface area contributed by atoms with E-state index in [2.05, 4.69) is 37.9 Å². The summed E-state index contributed by atoms with van der Waals surface area (Å²) in [6, 6.07) is 8.03. The van der Waals surface area contributed by atoms with Crippen LogP contribution in [0.1, 0.15) is 18.4 Å². The van der Waals surface area contributed by atoms with E-state index in [1.54, 1.807) is 0 Å². The Labute approximate surface area is 129 Å². The van der Waals surface area contributed by atoms with Crippen molar-refractivity contribution in [2.45, 2.75) is 25.8 Å². The Bertz CT molecular complexity index is 589. The van der Waals surface area contributed by atoms with Crippen LogP contribution in [0.25, 0.3) is 0 Å². The molecule has 1 aromatic heterocycles. The van der Waals surface area contributed by atoms with E-state index < -0.39 is 0 Å². The third-order valence-corrected chi connectivity index (χ3v) is 3.85. The van der Waals surface area contributed by atoms with Crippen LogP contribution in [-0.2, 0) is 17.8 Å². The number of carbonyl (C=O) groups is 1. The summed E-state index contributed by atoms with van der Waals surface area (Å²) in [6.07, 6.45) is 5.12. The van der Waals surface area contributed by atoms with Gasteiger partial charge in [0, 0.05) is 12.2 Å². The van der Waals surface area contributed by atoms with Crippen molar-refractivity contribution < 1.29 is 4.79 Å². The molecule has 0 unspecified atom stereocenters. The lowest BCUT2D eigenvalue weighted by Crippen LogP contribution is -2.22. The van der Waals surface area contributed by atoms with Gasteiger partial charge in [0.2, 0.25) is 5.91 Å². The third kappa shape index (κ3) is 4.11. The summed E-state index contributed by atoms with van der Waals surface area (Å²) in [6.45, 7) is 3.69. The van der Waals surface area contributed by atoms with Gasteiger partial charge in [0.15, 0.2) is 0 Å². The summed E-state index contributed by atoms with van der Waals surface area (Å²) in [4.78, 5) is 14.3. The van der Waals surface area contributed by atoms with Gasteiger partial charge in [-0.05, 0) is 60.5 Å². The second kappa shape index (κ2) is 7.13. The highest BCUT2D eigenvalue weighted by molar-refractivity contribution is 5.90. The van der Waals surface area contributed by atoms with Crippen LogP contribution in [0, 0.1) is 0 Å². The summed E-state index contributed by atoms with van der Waals surface area (Å²) in [5.74, 6) is -0.142. The summed E-state index contributed by atoms with van der Waals surface area (Å²) in [7, 11) is 0. The average molecular weight is 300 g/mol. The maximum absolute atomic E-state index is 11.8. The molecule has 7 nitrogen and oxygen atoms in total. The van der Waals surface area contributed by atoms with E-state index in [9.17, 15) is 4.79 Å². The Balaban J connectivity index is 1.47. The largest absolute Gasteiger partial charge is 0.324 e. The molecule has 0 atom stereocenters. The molecule has 1 aliphatic rings. The number of anilines is 1. The van der Waals surface area contributed by atoms with E-state index in [1.807, 2.05) is 12.1 Å². The number of aromatic nitrogens is 4. The van der Waals surface area contributed by atoms with Crippen molar-refractivity contribution >= 4 is 11.6 Å². The second-order valence-electron chi connectivity index (χ2n) is 5.55. The minimum atomic E-state index is -0.142. The van der Waals surface area contributed by atoms with Crippen LogP contribution in [0.2, 0.25) is 0 Å². The Morgan fingerprint density at radius 1 is 1.18 bits per heavy atom. The topological polar surface area (TPSA) is 75.9 Å². The van der Waals surface area contributed by atoms with Crippen molar-refractivity contribution in [3.63, 3.8) is 0 Å². The third-order valence-electron chi connectivity index (χ3n) is 3.85. The number of nitrogens with one attached hydrogen (secondary N) is 1. The van der Waals surface area contributed by atoms with Crippen LogP contribution in [-0.4, -0.2) is 50.6 Å². The molecule has 1 fully saturated rings. The van der Waals surface area contributed by atoms with Crippen LogP contribution >= 0.6 is 0 Å². The van der Waals surface area contributed by atoms with Crippen molar-refractivity contribution in [1.29, 1.82) is 0 Å². The van der Waals surface area contributed by atoms with Gasteiger partial charge >= 0.3 is 0 Å². The first-order valence-corrected chi connectivity index (χ1v) is 7.61. The molecule has 1 amide bonds. The highest BCUT2D eigenvalue weighted by Crippen LogP contribution is 2.12. The monoisotopic (exact) mass is 300 g/mol. The Morgan fingerprint density at radius 2 is 1.95 bits per heavy atom. The van der Waals surface area contributed by atoms with Gasteiger partial charge in [0.1, 0.15) is 12.9 Å². The number of amides is 1. The van der Waals surface area contributed by atoms with Gasteiger partial charge in [0.25, 0.3) is 0 Å². The highest BCUT2D eigenvalue weighted by Gasteiger charge is 2.10. The zero-order valence-corrected chi connectivity index (χ0v) is 12.5. The molecule has 1 aliphatic heterocycles. The minimum absolute atomic E-state index is 0.115. The summed E-state index contributed by atoms with van der Waals surface area (Å²) < 4.78 is 1.39. The Hall–Kier alpha value is -2.28. The lowest BCUT2D eigenvalue weighted by atomic mass is 10.1. The van der Waals surface area contributed by atoms with E-state index in [-0.39, 0.29) is 12.5 Å². The molecular weight excluding hydrogens is 280 g/mol. The van der Waals surface area contributed by atoms with Gasteiger partial charge in [0.05, 0.1) is 0 Å². The minimum Gasteiger partial charge on any atom is -0.324 e. The molecule has 0 aliphatic carbocycles. The molecule has 22 heavy (non-hydrogen) atoms. The molecule has 0 radical (unpaired) electrons. The number of carbonyl (C=O) groups excluding carboxylic acids is 1. The summed E-state index contributed by atoms with van der Waals surface area (Å²) >= 11 is 0. The van der Waals surface area contributed by atoms with Gasteiger partial charge < -0.3 is 10.2 Å². The number of benzene rings is 1. The van der Waals surface area contributed by atoms with Crippen LogP contribution in [0.4, 0.5) is 5.69 Å². The number of rotatable bonds is 6. The second-order valence-corrected chi connectivity index (χ2v) is 5.55. The Kier molecular flexibility index (Phi) is 4.75. The fourth-order valence-electron chi connectivity index (χ4n) is 2.65. The van der Waals surface area contributed by atoms with E-state index in [0.29, 0.717) is 0 Å². The molecule has 2 heterocycles. The first-order chi connectivity index (χ1) is 10.8. The zero-order chi connectivity index (χ0) is 15.2.